The number of hydrogen-bond acceptors (Lipinski definition) is 4. The number of hydrogen-bond donors (Lipinski definition) is 3. The number of alkyl halides is 3. The van der Waals surface area contributed by atoms with Crippen LogP contribution in [0.5, 0.6) is 0 Å². The molecular formula is C16H23F3N4O. The number of nitrogens with zero attached hydrogens (tertiary/aromatic N) is 1. The van der Waals surface area contributed by atoms with Gasteiger partial charge in [0.05, 0.1) is 22.5 Å². The van der Waals surface area contributed by atoms with Crippen molar-refractivity contribution in [3.05, 3.63) is 23.3 Å². The minimum Gasteiger partial charge on any atom is -0.371 e. The zero-order valence-corrected chi connectivity index (χ0v) is 14.6. The van der Waals surface area contributed by atoms with Gasteiger partial charge in [0.1, 0.15) is 5.84 Å². The summed E-state index contributed by atoms with van der Waals surface area (Å²) in [5.41, 5.74) is 4.75. The summed E-state index contributed by atoms with van der Waals surface area (Å²) >= 11 is 0. The van der Waals surface area contributed by atoms with E-state index in [1.54, 1.807) is 20.8 Å². The topological polar surface area (TPSA) is 65.5 Å². The van der Waals surface area contributed by atoms with Crippen LogP contribution in [0, 0.1) is 6.92 Å². The van der Waals surface area contributed by atoms with Crippen molar-refractivity contribution in [3.8, 4) is 0 Å². The van der Waals surface area contributed by atoms with Crippen LogP contribution in [-0.4, -0.2) is 17.3 Å². The smallest absolute Gasteiger partial charge is 0.371 e. The lowest BCUT2D eigenvalue weighted by atomic mass is 9.98. The second kappa shape index (κ2) is 7.11. The fourth-order valence-electron chi connectivity index (χ4n) is 2.17. The maximum absolute atomic E-state index is 12.9. The Balaban J connectivity index is 0.00000139. The maximum atomic E-state index is 12.9. The zero-order chi connectivity index (χ0) is 18.7. The van der Waals surface area contributed by atoms with Gasteiger partial charge in [0.2, 0.25) is 5.91 Å². The Labute approximate surface area is 139 Å². The summed E-state index contributed by atoms with van der Waals surface area (Å²) in [6.45, 7) is 10.4. The van der Waals surface area contributed by atoms with Gasteiger partial charge in [0.25, 0.3) is 0 Å². The molecule has 1 aliphatic heterocycles. The van der Waals surface area contributed by atoms with Crippen LogP contribution < -0.4 is 16.2 Å². The molecule has 8 heteroatoms. The minimum absolute atomic E-state index is 0.298. The number of nitrogens with one attached hydrogen (secondary N) is 3. The van der Waals surface area contributed by atoms with Gasteiger partial charge in [-0.25, -0.2) is 4.99 Å². The average Bonchev–Trinajstić information content (AvgIpc) is 2.45. The summed E-state index contributed by atoms with van der Waals surface area (Å²) in [5, 5.41) is 3.02. The minimum atomic E-state index is -4.41. The third-order valence-electron chi connectivity index (χ3n) is 3.25. The van der Waals surface area contributed by atoms with Crippen LogP contribution in [0.3, 0.4) is 0 Å². The standard InChI is InChI=1S/C14H17F3N4O.C2H6/c1-7-5-9(14(15,16)17)6-10-11(7)18-12(13(3,4)19-10)21-20-8(2)22;1-2/h5-6,19H,1-4H3,(H,18,21)(H,20,22);1-2H3. The first-order valence-electron chi connectivity index (χ1n) is 7.62. The van der Waals surface area contributed by atoms with Crippen molar-refractivity contribution < 1.29 is 18.0 Å². The molecule has 0 saturated carbocycles. The van der Waals surface area contributed by atoms with E-state index in [1.165, 1.54) is 6.92 Å². The molecule has 0 spiro atoms. The Morgan fingerprint density at radius 2 is 1.83 bits per heavy atom. The molecule has 0 bridgehead atoms. The number of hydrazine groups is 1. The van der Waals surface area contributed by atoms with Crippen LogP contribution in [0.2, 0.25) is 0 Å². The van der Waals surface area contributed by atoms with E-state index < -0.39 is 17.3 Å². The Bertz CT molecular complexity index is 651. The highest BCUT2D eigenvalue weighted by Gasteiger charge is 2.35. The predicted octanol–water partition coefficient (Wildman–Crippen LogP) is 3.91. The Hall–Kier alpha value is -2.25. The number of aliphatic imine (C=N–C) groups is 1. The van der Waals surface area contributed by atoms with Gasteiger partial charge in [-0.1, -0.05) is 13.8 Å². The molecule has 0 atom stereocenters. The summed E-state index contributed by atoms with van der Waals surface area (Å²) in [7, 11) is 0. The van der Waals surface area contributed by atoms with Gasteiger partial charge in [0.15, 0.2) is 0 Å². The molecule has 24 heavy (non-hydrogen) atoms. The molecule has 1 aromatic carbocycles. The number of halogens is 3. The van der Waals surface area contributed by atoms with Crippen LogP contribution in [0.4, 0.5) is 24.5 Å². The maximum Gasteiger partial charge on any atom is 0.416 e. The number of carbonyl (C=O) groups excluding carboxylic acids is 1. The van der Waals surface area contributed by atoms with Crippen LogP contribution in [0.1, 0.15) is 45.7 Å². The van der Waals surface area contributed by atoms with E-state index in [2.05, 4.69) is 21.2 Å². The molecule has 0 radical (unpaired) electrons. The van der Waals surface area contributed by atoms with E-state index >= 15 is 0 Å². The first-order chi connectivity index (χ1) is 11.0. The number of benzene rings is 1. The molecular weight excluding hydrogens is 321 g/mol. The molecule has 2 rings (SSSR count). The van der Waals surface area contributed by atoms with Crippen molar-refractivity contribution in [1.29, 1.82) is 0 Å². The number of carbonyl (C=O) groups is 1. The molecule has 3 N–H and O–H groups in total. The van der Waals surface area contributed by atoms with Crippen LogP contribution >= 0.6 is 0 Å². The van der Waals surface area contributed by atoms with Gasteiger partial charge in [-0.2, -0.15) is 13.2 Å². The van der Waals surface area contributed by atoms with E-state index in [-0.39, 0.29) is 5.91 Å². The Kier molecular flexibility index (Phi) is 5.86. The van der Waals surface area contributed by atoms with Crippen LogP contribution in [0.15, 0.2) is 17.1 Å². The highest BCUT2D eigenvalue weighted by atomic mass is 19.4. The quantitative estimate of drug-likeness (QED) is 0.625. The summed E-state index contributed by atoms with van der Waals surface area (Å²) in [5.74, 6) is 0.117. The van der Waals surface area contributed by atoms with Gasteiger partial charge in [-0.05, 0) is 38.5 Å². The highest BCUT2D eigenvalue weighted by molar-refractivity contribution is 6.00. The fourth-order valence-corrected chi connectivity index (χ4v) is 2.17. The number of rotatable bonds is 0. The third-order valence-corrected chi connectivity index (χ3v) is 3.25. The molecule has 0 aromatic heterocycles. The number of amidine groups is 1. The van der Waals surface area contributed by atoms with Gasteiger partial charge in [0, 0.05) is 6.92 Å². The SMILES string of the molecule is CC.CC(=O)NNC1=Nc2c(C)cc(C(F)(F)F)cc2NC1(C)C. The number of anilines is 1. The van der Waals surface area contributed by atoms with Crippen molar-refractivity contribution in [3.63, 3.8) is 0 Å². The largest absolute Gasteiger partial charge is 0.416 e. The first-order valence-corrected chi connectivity index (χ1v) is 7.62. The number of amides is 1. The Morgan fingerprint density at radius 3 is 2.33 bits per heavy atom. The van der Waals surface area contributed by atoms with Gasteiger partial charge in [-0.15, -0.1) is 0 Å². The van der Waals surface area contributed by atoms with Crippen molar-refractivity contribution in [2.24, 2.45) is 4.99 Å². The van der Waals surface area contributed by atoms with Gasteiger partial charge >= 0.3 is 6.18 Å². The van der Waals surface area contributed by atoms with Crippen LogP contribution in [0.25, 0.3) is 0 Å². The molecule has 134 valence electrons. The van der Waals surface area contributed by atoms with E-state index in [0.29, 0.717) is 22.8 Å². The fraction of sp³-hybridized carbons (Fsp3) is 0.500. The average molecular weight is 344 g/mol. The molecule has 1 amide bonds. The monoisotopic (exact) mass is 344 g/mol. The highest BCUT2D eigenvalue weighted by Crippen LogP contribution is 2.41. The summed E-state index contributed by atoms with van der Waals surface area (Å²) in [6.07, 6.45) is -4.41. The zero-order valence-electron chi connectivity index (χ0n) is 14.6. The summed E-state index contributed by atoms with van der Waals surface area (Å²) in [6, 6.07) is 2.10. The van der Waals surface area contributed by atoms with E-state index in [0.717, 1.165) is 12.1 Å². The lowest BCUT2D eigenvalue weighted by Crippen LogP contribution is -2.54. The van der Waals surface area contributed by atoms with Crippen molar-refractivity contribution in [2.45, 2.75) is 53.3 Å². The molecule has 0 unspecified atom stereocenters. The van der Waals surface area contributed by atoms with Crippen molar-refractivity contribution >= 4 is 23.1 Å². The molecule has 1 heterocycles. The molecule has 1 aliphatic rings. The summed E-state index contributed by atoms with van der Waals surface area (Å²) in [4.78, 5) is 15.3. The lowest BCUT2D eigenvalue weighted by Gasteiger charge is -2.34. The van der Waals surface area contributed by atoms with Crippen LogP contribution in [-0.2, 0) is 11.0 Å². The van der Waals surface area contributed by atoms with E-state index in [9.17, 15) is 18.0 Å². The second-order valence-corrected chi connectivity index (χ2v) is 5.70. The molecule has 0 fully saturated rings. The van der Waals surface area contributed by atoms with Crippen molar-refractivity contribution in [2.75, 3.05) is 5.32 Å². The third kappa shape index (κ3) is 4.39. The van der Waals surface area contributed by atoms with Gasteiger partial charge in [-0.3, -0.25) is 15.6 Å². The van der Waals surface area contributed by atoms with Gasteiger partial charge < -0.3 is 5.32 Å². The lowest BCUT2D eigenvalue weighted by molar-refractivity contribution is -0.137. The molecule has 5 nitrogen and oxygen atoms in total. The molecule has 0 saturated heterocycles. The number of aryl methyl sites for hydroxylation is 1. The van der Waals surface area contributed by atoms with Crippen molar-refractivity contribution in [1.82, 2.24) is 10.9 Å². The summed E-state index contributed by atoms with van der Waals surface area (Å²) < 4.78 is 38.7. The predicted molar refractivity (Wildman–Crippen MR) is 89.3 cm³/mol. The number of fused-ring (bicyclic) bond motifs is 1. The first kappa shape index (κ1) is 19.8. The second-order valence-electron chi connectivity index (χ2n) is 5.70. The molecule has 1 aromatic rings. The molecule has 0 aliphatic carbocycles. The van der Waals surface area contributed by atoms with E-state index in [4.69, 9.17) is 0 Å². The van der Waals surface area contributed by atoms with E-state index in [1.807, 2.05) is 13.8 Å². The Morgan fingerprint density at radius 1 is 1.25 bits per heavy atom. The normalized spacial score (nSPS) is 15.1.